The van der Waals surface area contributed by atoms with E-state index in [2.05, 4.69) is 20.1 Å². The number of ketones is 1. The summed E-state index contributed by atoms with van der Waals surface area (Å²) < 4.78 is 6.60. The first kappa shape index (κ1) is 19.8. The van der Waals surface area contributed by atoms with Crippen LogP contribution in [0.25, 0.3) is 11.4 Å². The summed E-state index contributed by atoms with van der Waals surface area (Å²) in [5, 5.41) is 12.7. The molecule has 0 amide bonds. The summed E-state index contributed by atoms with van der Waals surface area (Å²) in [6.45, 7) is 4.15. The monoisotopic (exact) mass is 401 g/mol. The molecule has 146 valence electrons. The Morgan fingerprint density at radius 1 is 1.21 bits per heavy atom. The number of aromatic nitrogens is 5. The van der Waals surface area contributed by atoms with Crippen molar-refractivity contribution < 1.29 is 14.3 Å². The molecular weight excluding hydrogens is 382 g/mol. The quantitative estimate of drug-likeness (QED) is 0.446. The fourth-order valence-electron chi connectivity index (χ4n) is 3.01. The number of hydrogen-bond donors (Lipinski definition) is 0. The smallest absolute Gasteiger partial charge is 0.307 e. The number of halogens is 1. The number of carbonyl (C=O) groups is 2. The maximum Gasteiger partial charge on any atom is 0.307 e. The molecule has 0 spiro atoms. The Labute approximate surface area is 167 Å². The molecule has 9 heteroatoms. The van der Waals surface area contributed by atoms with Crippen LogP contribution in [0, 0.1) is 13.8 Å². The van der Waals surface area contributed by atoms with E-state index in [9.17, 15) is 9.59 Å². The van der Waals surface area contributed by atoms with E-state index in [0.29, 0.717) is 28.5 Å². The van der Waals surface area contributed by atoms with Gasteiger partial charge in [0.1, 0.15) is 6.54 Å². The van der Waals surface area contributed by atoms with E-state index in [1.165, 1.54) is 11.9 Å². The van der Waals surface area contributed by atoms with Gasteiger partial charge in [-0.3, -0.25) is 9.59 Å². The highest BCUT2D eigenvalue weighted by molar-refractivity contribution is 6.33. The van der Waals surface area contributed by atoms with Crippen molar-refractivity contribution in [2.24, 2.45) is 0 Å². The molecule has 0 aliphatic carbocycles. The topological polar surface area (TPSA) is 91.9 Å². The van der Waals surface area contributed by atoms with Crippen molar-refractivity contribution in [1.82, 2.24) is 24.8 Å². The summed E-state index contributed by atoms with van der Waals surface area (Å²) in [6.07, 6.45) is 0.242. The number of Topliss-reactive ketones (excluding diaryl/α,β-unsaturated/α-hetero) is 1. The Morgan fingerprint density at radius 3 is 2.68 bits per heavy atom. The fourth-order valence-corrected chi connectivity index (χ4v) is 3.23. The van der Waals surface area contributed by atoms with Crippen LogP contribution in [0.5, 0.6) is 0 Å². The lowest BCUT2D eigenvalue weighted by molar-refractivity contribution is -0.140. The average Bonchev–Trinajstić information content (AvgIpc) is 3.24. The number of nitrogens with zero attached hydrogens (tertiary/aromatic N) is 5. The third-order valence-electron chi connectivity index (χ3n) is 4.49. The van der Waals surface area contributed by atoms with E-state index in [0.717, 1.165) is 11.4 Å². The van der Waals surface area contributed by atoms with Gasteiger partial charge in [-0.05, 0) is 37.3 Å². The molecule has 0 saturated heterocycles. The van der Waals surface area contributed by atoms with Crippen molar-refractivity contribution in [2.45, 2.75) is 33.4 Å². The second-order valence-corrected chi connectivity index (χ2v) is 6.72. The van der Waals surface area contributed by atoms with Crippen LogP contribution in [-0.4, -0.2) is 43.6 Å². The van der Waals surface area contributed by atoms with Gasteiger partial charge in [-0.15, -0.1) is 10.2 Å². The van der Waals surface area contributed by atoms with Gasteiger partial charge in [-0.25, -0.2) is 0 Å². The average molecular weight is 402 g/mol. The molecule has 2 heterocycles. The minimum absolute atomic E-state index is 0.0429. The van der Waals surface area contributed by atoms with Crippen molar-refractivity contribution in [3.63, 3.8) is 0 Å². The maximum absolute atomic E-state index is 12.7. The highest BCUT2D eigenvalue weighted by atomic mass is 35.5. The summed E-state index contributed by atoms with van der Waals surface area (Å²) in [7, 11) is 1.36. The van der Waals surface area contributed by atoms with Crippen LogP contribution in [0.15, 0.2) is 30.3 Å². The SMILES string of the molecule is COC(=O)CCn1c(C)cc(C(=O)Cn2nnc(-c3ccccc3Cl)n2)c1C. The summed E-state index contributed by atoms with van der Waals surface area (Å²) in [5.41, 5.74) is 2.91. The molecule has 0 aliphatic heterocycles. The number of hydrogen-bond acceptors (Lipinski definition) is 6. The van der Waals surface area contributed by atoms with E-state index >= 15 is 0 Å². The second-order valence-electron chi connectivity index (χ2n) is 6.31. The maximum atomic E-state index is 12.7. The Bertz CT molecular complexity index is 1020. The lowest BCUT2D eigenvalue weighted by Gasteiger charge is -2.08. The Kier molecular flexibility index (Phi) is 5.89. The van der Waals surface area contributed by atoms with Crippen molar-refractivity contribution in [3.8, 4) is 11.4 Å². The molecule has 0 saturated carbocycles. The molecule has 0 unspecified atom stereocenters. The lowest BCUT2D eigenvalue weighted by atomic mass is 10.1. The van der Waals surface area contributed by atoms with Gasteiger partial charge in [0.15, 0.2) is 5.78 Å². The predicted octanol–water partition coefficient (Wildman–Crippen LogP) is 2.86. The van der Waals surface area contributed by atoms with Crippen molar-refractivity contribution in [1.29, 1.82) is 0 Å². The summed E-state index contributed by atoms with van der Waals surface area (Å²) in [5.74, 6) is -0.0678. The number of rotatable bonds is 7. The molecule has 3 rings (SSSR count). The van der Waals surface area contributed by atoms with E-state index in [4.69, 9.17) is 11.6 Å². The molecule has 0 aliphatic rings. The Morgan fingerprint density at radius 2 is 1.96 bits per heavy atom. The zero-order chi connectivity index (χ0) is 20.3. The molecular formula is C19H20ClN5O3. The van der Waals surface area contributed by atoms with Crippen LogP contribution >= 0.6 is 11.6 Å². The number of ether oxygens (including phenoxy) is 1. The van der Waals surface area contributed by atoms with Gasteiger partial charge >= 0.3 is 5.97 Å². The number of carbonyl (C=O) groups excluding carboxylic acids is 2. The minimum atomic E-state index is -0.292. The van der Waals surface area contributed by atoms with E-state index < -0.39 is 0 Å². The van der Waals surface area contributed by atoms with E-state index in [1.807, 2.05) is 30.5 Å². The third kappa shape index (κ3) is 4.12. The zero-order valence-corrected chi connectivity index (χ0v) is 16.6. The first-order chi connectivity index (χ1) is 13.4. The first-order valence-corrected chi connectivity index (χ1v) is 9.08. The second kappa shape index (κ2) is 8.35. The lowest BCUT2D eigenvalue weighted by Crippen LogP contribution is -2.15. The highest BCUT2D eigenvalue weighted by Crippen LogP contribution is 2.23. The van der Waals surface area contributed by atoms with Gasteiger partial charge in [0.05, 0.1) is 18.6 Å². The third-order valence-corrected chi connectivity index (χ3v) is 4.82. The van der Waals surface area contributed by atoms with Gasteiger partial charge in [0.25, 0.3) is 0 Å². The van der Waals surface area contributed by atoms with Crippen LogP contribution in [-0.2, 0) is 22.6 Å². The standard InChI is InChI=1S/C19H20ClN5O3/c1-12-10-15(13(2)24(12)9-8-18(27)28-3)17(26)11-25-22-19(21-23-25)14-6-4-5-7-16(14)20/h4-7,10H,8-9,11H2,1-3H3. The summed E-state index contributed by atoms with van der Waals surface area (Å²) in [6, 6.07) is 8.99. The van der Waals surface area contributed by atoms with Gasteiger partial charge in [0.2, 0.25) is 5.82 Å². The summed E-state index contributed by atoms with van der Waals surface area (Å²) in [4.78, 5) is 25.4. The number of tetrazole rings is 1. The normalized spacial score (nSPS) is 10.9. The molecule has 0 N–H and O–H groups in total. The molecule has 1 aromatic carbocycles. The molecule has 2 aromatic heterocycles. The number of aryl methyl sites for hydroxylation is 1. The first-order valence-electron chi connectivity index (χ1n) is 8.70. The molecule has 3 aromatic rings. The molecule has 8 nitrogen and oxygen atoms in total. The van der Waals surface area contributed by atoms with Crippen LogP contribution in [0.2, 0.25) is 5.02 Å². The van der Waals surface area contributed by atoms with Crippen LogP contribution < -0.4 is 0 Å². The number of esters is 1. The van der Waals surface area contributed by atoms with Crippen LogP contribution in [0.1, 0.15) is 28.2 Å². The van der Waals surface area contributed by atoms with Gasteiger partial charge < -0.3 is 9.30 Å². The molecule has 0 bridgehead atoms. The van der Waals surface area contributed by atoms with Crippen LogP contribution in [0.3, 0.4) is 0 Å². The Balaban J connectivity index is 1.75. The van der Waals surface area contributed by atoms with Crippen molar-refractivity contribution in [3.05, 3.63) is 52.3 Å². The van der Waals surface area contributed by atoms with Gasteiger partial charge in [0, 0.05) is 29.1 Å². The zero-order valence-electron chi connectivity index (χ0n) is 15.8. The van der Waals surface area contributed by atoms with Crippen molar-refractivity contribution in [2.75, 3.05) is 7.11 Å². The fraction of sp³-hybridized carbons (Fsp3) is 0.316. The summed E-state index contributed by atoms with van der Waals surface area (Å²) >= 11 is 6.15. The molecule has 0 atom stereocenters. The van der Waals surface area contributed by atoms with Gasteiger partial charge in [-0.2, -0.15) is 4.80 Å². The molecule has 0 fully saturated rings. The number of benzene rings is 1. The van der Waals surface area contributed by atoms with Crippen molar-refractivity contribution >= 4 is 23.4 Å². The molecule has 0 radical (unpaired) electrons. The minimum Gasteiger partial charge on any atom is -0.469 e. The predicted molar refractivity (Wildman–Crippen MR) is 103 cm³/mol. The Hall–Kier alpha value is -3.00. The number of methoxy groups -OCH3 is 1. The van der Waals surface area contributed by atoms with Crippen LogP contribution in [0.4, 0.5) is 0 Å². The largest absolute Gasteiger partial charge is 0.469 e. The van der Waals surface area contributed by atoms with E-state index in [-0.39, 0.29) is 24.7 Å². The van der Waals surface area contributed by atoms with Gasteiger partial charge in [-0.1, -0.05) is 23.7 Å². The van der Waals surface area contributed by atoms with E-state index in [1.54, 1.807) is 18.2 Å². The molecule has 28 heavy (non-hydrogen) atoms. The highest BCUT2D eigenvalue weighted by Gasteiger charge is 2.18.